The second-order valence-electron chi connectivity index (χ2n) is 5.23. The third kappa shape index (κ3) is 3.06. The normalized spacial score (nSPS) is 14.4. The van der Waals surface area contributed by atoms with Gasteiger partial charge in [-0.05, 0) is 29.3 Å². The fourth-order valence-electron chi connectivity index (χ4n) is 2.66. The van der Waals surface area contributed by atoms with Crippen LogP contribution in [-0.4, -0.2) is 24.2 Å². The van der Waals surface area contributed by atoms with Gasteiger partial charge in [-0.25, -0.2) is 4.79 Å². The molecule has 0 unspecified atom stereocenters. The molecule has 21 heavy (non-hydrogen) atoms. The number of hydrogen-bond acceptors (Lipinski definition) is 3. The molecule has 0 radical (unpaired) electrons. The van der Waals surface area contributed by atoms with Crippen LogP contribution in [0.1, 0.15) is 21.5 Å². The lowest BCUT2D eigenvalue weighted by Crippen LogP contribution is -2.28. The Kier molecular flexibility index (Phi) is 3.88. The Morgan fingerprint density at radius 2 is 1.90 bits per heavy atom. The molecule has 0 fully saturated rings. The number of para-hydroxylation sites is 1. The first-order valence-electron chi connectivity index (χ1n) is 7.10. The minimum Gasteiger partial charge on any atom is -0.478 e. The zero-order valence-corrected chi connectivity index (χ0v) is 11.7. The monoisotopic (exact) mass is 282 g/mol. The van der Waals surface area contributed by atoms with Crippen molar-refractivity contribution in [1.29, 1.82) is 0 Å². The number of hydrogen-bond donors (Lipinski definition) is 2. The van der Waals surface area contributed by atoms with Crippen LogP contribution in [0.25, 0.3) is 0 Å². The first-order chi connectivity index (χ1) is 10.2. The smallest absolute Gasteiger partial charge is 0.335 e. The molecule has 108 valence electrons. The van der Waals surface area contributed by atoms with E-state index in [2.05, 4.69) is 34.5 Å². The Hall–Kier alpha value is -2.33. The van der Waals surface area contributed by atoms with E-state index >= 15 is 0 Å². The second kappa shape index (κ2) is 5.97. The van der Waals surface area contributed by atoms with E-state index in [9.17, 15) is 4.79 Å². The highest BCUT2D eigenvalue weighted by atomic mass is 16.4. The number of carboxylic acid groups (broad SMARTS) is 1. The molecule has 1 aliphatic heterocycles. The van der Waals surface area contributed by atoms with Gasteiger partial charge in [0.25, 0.3) is 0 Å². The standard InChI is InChI=1S/C17H18N2O2/c20-17(21)14-7-5-13(6-8-14)12-19-10-9-18-11-15-3-1-2-4-16(15)19/h1-8,18H,9-12H2,(H,20,21). The van der Waals surface area contributed by atoms with Gasteiger partial charge in [0, 0.05) is 31.9 Å². The van der Waals surface area contributed by atoms with Crippen LogP contribution in [0.15, 0.2) is 48.5 Å². The molecular weight excluding hydrogens is 264 g/mol. The molecule has 1 heterocycles. The molecule has 2 aromatic rings. The molecule has 0 atom stereocenters. The largest absolute Gasteiger partial charge is 0.478 e. The molecule has 0 spiro atoms. The number of aromatic carboxylic acids is 1. The molecule has 4 heteroatoms. The van der Waals surface area contributed by atoms with Crippen LogP contribution < -0.4 is 10.2 Å². The lowest BCUT2D eigenvalue weighted by molar-refractivity contribution is 0.0697. The third-order valence-corrected chi connectivity index (χ3v) is 3.78. The molecule has 0 aliphatic carbocycles. The second-order valence-corrected chi connectivity index (χ2v) is 5.23. The summed E-state index contributed by atoms with van der Waals surface area (Å²) in [4.78, 5) is 13.2. The predicted octanol–water partition coefficient (Wildman–Crippen LogP) is 2.49. The highest BCUT2D eigenvalue weighted by molar-refractivity contribution is 5.87. The summed E-state index contributed by atoms with van der Waals surface area (Å²) in [5.41, 5.74) is 4.01. The van der Waals surface area contributed by atoms with E-state index < -0.39 is 5.97 Å². The summed E-state index contributed by atoms with van der Waals surface area (Å²) in [5, 5.41) is 12.4. The summed E-state index contributed by atoms with van der Waals surface area (Å²) >= 11 is 0. The molecule has 0 saturated carbocycles. The lowest BCUT2D eigenvalue weighted by Gasteiger charge is -2.24. The van der Waals surface area contributed by atoms with Gasteiger partial charge in [0.05, 0.1) is 5.56 Å². The van der Waals surface area contributed by atoms with E-state index in [1.165, 1.54) is 11.3 Å². The molecule has 0 saturated heterocycles. The van der Waals surface area contributed by atoms with Crippen LogP contribution in [0.3, 0.4) is 0 Å². The Labute approximate surface area is 124 Å². The fourth-order valence-corrected chi connectivity index (χ4v) is 2.66. The summed E-state index contributed by atoms with van der Waals surface area (Å²) in [5.74, 6) is -0.883. The first-order valence-corrected chi connectivity index (χ1v) is 7.10. The molecule has 2 aromatic carbocycles. The summed E-state index contributed by atoms with van der Waals surface area (Å²) in [6, 6.07) is 15.5. The Morgan fingerprint density at radius 1 is 1.14 bits per heavy atom. The van der Waals surface area contributed by atoms with Gasteiger partial charge < -0.3 is 15.3 Å². The minimum atomic E-state index is -0.883. The molecule has 3 rings (SSSR count). The summed E-state index contributed by atoms with van der Waals surface area (Å²) < 4.78 is 0. The van der Waals surface area contributed by atoms with Crippen molar-refractivity contribution < 1.29 is 9.90 Å². The van der Waals surface area contributed by atoms with Crippen molar-refractivity contribution in [3.8, 4) is 0 Å². The Bertz CT molecular complexity index is 637. The van der Waals surface area contributed by atoms with Gasteiger partial charge in [0.1, 0.15) is 0 Å². The molecule has 2 N–H and O–H groups in total. The molecule has 4 nitrogen and oxygen atoms in total. The number of benzene rings is 2. The van der Waals surface area contributed by atoms with Gasteiger partial charge in [-0.3, -0.25) is 0 Å². The van der Waals surface area contributed by atoms with Crippen molar-refractivity contribution in [3.05, 3.63) is 65.2 Å². The number of fused-ring (bicyclic) bond motifs is 1. The number of carbonyl (C=O) groups is 1. The number of carboxylic acids is 1. The van der Waals surface area contributed by atoms with Crippen molar-refractivity contribution in [3.63, 3.8) is 0 Å². The van der Waals surface area contributed by atoms with Gasteiger partial charge in [0.15, 0.2) is 0 Å². The van der Waals surface area contributed by atoms with Gasteiger partial charge >= 0.3 is 5.97 Å². The fraction of sp³-hybridized carbons (Fsp3) is 0.235. The average Bonchev–Trinajstić information content (AvgIpc) is 2.71. The van der Waals surface area contributed by atoms with Crippen molar-refractivity contribution in [2.45, 2.75) is 13.1 Å². The van der Waals surface area contributed by atoms with Crippen LogP contribution >= 0.6 is 0 Å². The SMILES string of the molecule is O=C(O)c1ccc(CN2CCNCc3ccccc32)cc1. The summed E-state index contributed by atoms with van der Waals surface area (Å²) in [6.07, 6.45) is 0. The zero-order valence-electron chi connectivity index (χ0n) is 11.7. The minimum absolute atomic E-state index is 0.330. The lowest BCUT2D eigenvalue weighted by atomic mass is 10.1. The van der Waals surface area contributed by atoms with E-state index in [0.29, 0.717) is 5.56 Å². The van der Waals surface area contributed by atoms with Crippen LogP contribution in [0, 0.1) is 0 Å². The predicted molar refractivity (Wildman–Crippen MR) is 82.6 cm³/mol. The number of nitrogens with one attached hydrogen (secondary N) is 1. The topological polar surface area (TPSA) is 52.6 Å². The van der Waals surface area contributed by atoms with Crippen molar-refractivity contribution in [2.24, 2.45) is 0 Å². The molecule has 1 aliphatic rings. The Balaban J connectivity index is 1.82. The average molecular weight is 282 g/mol. The van der Waals surface area contributed by atoms with E-state index in [1.807, 2.05) is 12.1 Å². The molecule has 0 bridgehead atoms. The summed E-state index contributed by atoms with van der Waals surface area (Å²) in [6.45, 7) is 3.57. The van der Waals surface area contributed by atoms with Gasteiger partial charge in [-0.2, -0.15) is 0 Å². The van der Waals surface area contributed by atoms with Crippen molar-refractivity contribution >= 4 is 11.7 Å². The molecule has 0 amide bonds. The number of nitrogens with zero attached hydrogens (tertiary/aromatic N) is 1. The van der Waals surface area contributed by atoms with Gasteiger partial charge in [0.2, 0.25) is 0 Å². The van der Waals surface area contributed by atoms with E-state index in [4.69, 9.17) is 5.11 Å². The van der Waals surface area contributed by atoms with E-state index in [0.717, 1.165) is 31.7 Å². The maximum absolute atomic E-state index is 10.9. The van der Waals surface area contributed by atoms with Crippen LogP contribution in [-0.2, 0) is 13.1 Å². The first kappa shape index (κ1) is 13.6. The van der Waals surface area contributed by atoms with Crippen molar-refractivity contribution in [1.82, 2.24) is 5.32 Å². The van der Waals surface area contributed by atoms with E-state index in [-0.39, 0.29) is 0 Å². The van der Waals surface area contributed by atoms with E-state index in [1.54, 1.807) is 12.1 Å². The van der Waals surface area contributed by atoms with Crippen molar-refractivity contribution in [2.75, 3.05) is 18.0 Å². The third-order valence-electron chi connectivity index (χ3n) is 3.78. The number of rotatable bonds is 3. The zero-order chi connectivity index (χ0) is 14.7. The maximum Gasteiger partial charge on any atom is 0.335 e. The van der Waals surface area contributed by atoms with Gasteiger partial charge in [-0.1, -0.05) is 30.3 Å². The molecular formula is C17H18N2O2. The molecule has 0 aromatic heterocycles. The van der Waals surface area contributed by atoms with Crippen LogP contribution in [0.5, 0.6) is 0 Å². The number of anilines is 1. The highest BCUT2D eigenvalue weighted by Gasteiger charge is 2.14. The maximum atomic E-state index is 10.9. The highest BCUT2D eigenvalue weighted by Crippen LogP contribution is 2.23. The quantitative estimate of drug-likeness (QED) is 0.908. The summed E-state index contributed by atoms with van der Waals surface area (Å²) in [7, 11) is 0. The van der Waals surface area contributed by atoms with Crippen LogP contribution in [0.4, 0.5) is 5.69 Å². The van der Waals surface area contributed by atoms with Gasteiger partial charge in [-0.15, -0.1) is 0 Å². The van der Waals surface area contributed by atoms with Crippen LogP contribution in [0.2, 0.25) is 0 Å². The Morgan fingerprint density at radius 3 is 2.67 bits per heavy atom.